The minimum absolute atomic E-state index is 0.792. The van der Waals surface area contributed by atoms with Crippen LogP contribution in [0, 0.1) is 5.92 Å². The van der Waals surface area contributed by atoms with Gasteiger partial charge in [0, 0.05) is 0 Å². The summed E-state index contributed by atoms with van der Waals surface area (Å²) in [6.45, 7) is 10.7. The van der Waals surface area contributed by atoms with Crippen LogP contribution < -0.4 is 0 Å². The zero-order valence-corrected chi connectivity index (χ0v) is 8.32. The van der Waals surface area contributed by atoms with Crippen molar-refractivity contribution in [1.82, 2.24) is 0 Å². The molecule has 66 valence electrons. The quantitative estimate of drug-likeness (QED) is 0.504. The zero-order valence-electron chi connectivity index (χ0n) is 8.32. The van der Waals surface area contributed by atoms with Crippen LogP contribution in [0.4, 0.5) is 0 Å². The van der Waals surface area contributed by atoms with Crippen molar-refractivity contribution in [2.45, 2.75) is 52.9 Å². The van der Waals surface area contributed by atoms with E-state index in [0.717, 1.165) is 5.92 Å². The number of unbranched alkanes of at least 4 members (excludes halogenated alkanes) is 1. The van der Waals surface area contributed by atoms with E-state index in [2.05, 4.69) is 27.4 Å². The Kier molecular flexibility index (Phi) is 6.30. The van der Waals surface area contributed by atoms with Crippen LogP contribution in [0.5, 0.6) is 0 Å². The lowest BCUT2D eigenvalue weighted by Gasteiger charge is -2.14. The Balaban J connectivity index is 3.60. The molecule has 0 heteroatoms. The van der Waals surface area contributed by atoms with E-state index in [1.807, 2.05) is 0 Å². The predicted octanol–water partition coefficient (Wildman–Crippen LogP) is 4.17. The van der Waals surface area contributed by atoms with Crippen LogP contribution in [-0.4, -0.2) is 0 Å². The molecule has 0 unspecified atom stereocenters. The van der Waals surface area contributed by atoms with Gasteiger partial charge in [0.2, 0.25) is 0 Å². The Morgan fingerprint density at radius 2 is 1.82 bits per heavy atom. The molecule has 0 radical (unpaired) electrons. The lowest BCUT2D eigenvalue weighted by Crippen LogP contribution is -2.00. The maximum Gasteiger partial charge on any atom is -0.0209 e. The van der Waals surface area contributed by atoms with Gasteiger partial charge in [0.1, 0.15) is 0 Å². The molecule has 0 aliphatic rings. The van der Waals surface area contributed by atoms with E-state index in [9.17, 15) is 0 Å². The summed E-state index contributed by atoms with van der Waals surface area (Å²) in [5.41, 5.74) is 1.38. The van der Waals surface area contributed by atoms with Crippen molar-refractivity contribution in [3.8, 4) is 0 Å². The van der Waals surface area contributed by atoms with E-state index in [1.165, 1.54) is 37.7 Å². The topological polar surface area (TPSA) is 0 Å². The molecule has 11 heavy (non-hydrogen) atoms. The summed E-state index contributed by atoms with van der Waals surface area (Å²) >= 11 is 0. The Morgan fingerprint density at radius 3 is 2.18 bits per heavy atom. The zero-order chi connectivity index (χ0) is 8.69. The molecule has 0 fully saturated rings. The first-order valence-electron chi connectivity index (χ1n) is 4.87. The van der Waals surface area contributed by atoms with E-state index in [-0.39, 0.29) is 0 Å². The maximum absolute atomic E-state index is 4.03. The third-order valence-corrected chi connectivity index (χ3v) is 2.24. The number of allylic oxidation sites excluding steroid dienone is 1. The fourth-order valence-corrected chi connectivity index (χ4v) is 1.44. The molecule has 0 aliphatic carbocycles. The molecule has 0 amide bonds. The SMILES string of the molecule is C=C(C)[C@H](CCC)CCCC. The van der Waals surface area contributed by atoms with E-state index >= 15 is 0 Å². The van der Waals surface area contributed by atoms with Crippen molar-refractivity contribution < 1.29 is 0 Å². The summed E-state index contributed by atoms with van der Waals surface area (Å²) in [5, 5.41) is 0. The van der Waals surface area contributed by atoms with Gasteiger partial charge >= 0.3 is 0 Å². The van der Waals surface area contributed by atoms with Gasteiger partial charge in [-0.05, 0) is 25.7 Å². The first kappa shape index (κ1) is 10.7. The monoisotopic (exact) mass is 154 g/mol. The van der Waals surface area contributed by atoms with Crippen LogP contribution in [-0.2, 0) is 0 Å². The lowest BCUT2D eigenvalue weighted by molar-refractivity contribution is 0.490. The molecule has 0 heterocycles. The van der Waals surface area contributed by atoms with Gasteiger partial charge in [0.05, 0.1) is 0 Å². The molecule has 0 aliphatic heterocycles. The van der Waals surface area contributed by atoms with Gasteiger partial charge in [-0.25, -0.2) is 0 Å². The third kappa shape index (κ3) is 5.06. The van der Waals surface area contributed by atoms with Crippen LogP contribution in [0.1, 0.15) is 52.9 Å². The summed E-state index contributed by atoms with van der Waals surface area (Å²) in [7, 11) is 0. The van der Waals surface area contributed by atoms with Crippen molar-refractivity contribution in [2.75, 3.05) is 0 Å². The van der Waals surface area contributed by atoms with Crippen molar-refractivity contribution in [3.63, 3.8) is 0 Å². The summed E-state index contributed by atoms with van der Waals surface area (Å²) in [4.78, 5) is 0. The molecular weight excluding hydrogens is 132 g/mol. The molecule has 0 aromatic heterocycles. The number of hydrogen-bond acceptors (Lipinski definition) is 0. The average molecular weight is 154 g/mol. The van der Waals surface area contributed by atoms with Crippen LogP contribution in [0.2, 0.25) is 0 Å². The molecule has 0 aromatic rings. The normalized spacial score (nSPS) is 13.0. The number of rotatable bonds is 6. The van der Waals surface area contributed by atoms with Gasteiger partial charge in [-0.15, -0.1) is 0 Å². The Bertz CT molecular complexity index is 103. The highest BCUT2D eigenvalue weighted by Gasteiger charge is 2.06. The molecular formula is C11H22. The van der Waals surface area contributed by atoms with Gasteiger partial charge in [0.25, 0.3) is 0 Å². The minimum Gasteiger partial charge on any atom is -0.0999 e. The highest BCUT2D eigenvalue weighted by atomic mass is 14.1. The lowest BCUT2D eigenvalue weighted by atomic mass is 9.91. The van der Waals surface area contributed by atoms with E-state index < -0.39 is 0 Å². The summed E-state index contributed by atoms with van der Waals surface area (Å²) in [6.07, 6.45) is 6.64. The van der Waals surface area contributed by atoms with Crippen LogP contribution >= 0.6 is 0 Å². The first-order valence-corrected chi connectivity index (χ1v) is 4.87. The predicted molar refractivity (Wildman–Crippen MR) is 52.7 cm³/mol. The molecule has 0 N–H and O–H groups in total. The summed E-state index contributed by atoms with van der Waals surface area (Å²) in [6, 6.07) is 0. The standard InChI is InChI=1S/C11H22/c1-5-7-9-11(8-6-2)10(3)4/h11H,3,5-9H2,1-2,4H3/t11-/m1/s1. The second-order valence-electron chi connectivity index (χ2n) is 3.47. The van der Waals surface area contributed by atoms with Gasteiger partial charge in [-0.1, -0.05) is 45.3 Å². The van der Waals surface area contributed by atoms with Crippen molar-refractivity contribution in [2.24, 2.45) is 5.92 Å². The molecule has 0 rings (SSSR count). The highest BCUT2D eigenvalue weighted by Crippen LogP contribution is 2.21. The van der Waals surface area contributed by atoms with E-state index in [1.54, 1.807) is 0 Å². The second kappa shape index (κ2) is 6.45. The molecule has 1 atom stereocenters. The smallest absolute Gasteiger partial charge is 0.0209 e. The molecule has 0 nitrogen and oxygen atoms in total. The van der Waals surface area contributed by atoms with Crippen molar-refractivity contribution in [3.05, 3.63) is 12.2 Å². The third-order valence-electron chi connectivity index (χ3n) is 2.24. The molecule has 0 aromatic carbocycles. The van der Waals surface area contributed by atoms with Crippen LogP contribution in [0.3, 0.4) is 0 Å². The maximum atomic E-state index is 4.03. The molecule has 0 bridgehead atoms. The number of hydrogen-bond donors (Lipinski definition) is 0. The van der Waals surface area contributed by atoms with Crippen molar-refractivity contribution >= 4 is 0 Å². The van der Waals surface area contributed by atoms with Gasteiger partial charge in [0.15, 0.2) is 0 Å². The Morgan fingerprint density at radius 1 is 1.18 bits per heavy atom. The fourth-order valence-electron chi connectivity index (χ4n) is 1.44. The van der Waals surface area contributed by atoms with Crippen molar-refractivity contribution in [1.29, 1.82) is 0 Å². The summed E-state index contributed by atoms with van der Waals surface area (Å²) in [5.74, 6) is 0.792. The van der Waals surface area contributed by atoms with Gasteiger partial charge in [-0.3, -0.25) is 0 Å². The largest absolute Gasteiger partial charge is 0.0999 e. The first-order chi connectivity index (χ1) is 5.22. The van der Waals surface area contributed by atoms with Crippen LogP contribution in [0.15, 0.2) is 12.2 Å². The molecule has 0 saturated heterocycles. The highest BCUT2D eigenvalue weighted by molar-refractivity contribution is 4.95. The van der Waals surface area contributed by atoms with Crippen LogP contribution in [0.25, 0.3) is 0 Å². The second-order valence-corrected chi connectivity index (χ2v) is 3.47. The molecule has 0 spiro atoms. The summed E-state index contributed by atoms with van der Waals surface area (Å²) < 4.78 is 0. The Hall–Kier alpha value is -0.260. The molecule has 0 saturated carbocycles. The average Bonchev–Trinajstić information content (AvgIpc) is 1.97. The van der Waals surface area contributed by atoms with E-state index in [0.29, 0.717) is 0 Å². The van der Waals surface area contributed by atoms with Gasteiger partial charge < -0.3 is 0 Å². The van der Waals surface area contributed by atoms with E-state index in [4.69, 9.17) is 0 Å². The minimum atomic E-state index is 0.792. The Labute approximate surface area is 71.7 Å². The van der Waals surface area contributed by atoms with Gasteiger partial charge in [-0.2, -0.15) is 0 Å². The fraction of sp³-hybridized carbons (Fsp3) is 0.818.